The Morgan fingerprint density at radius 3 is 2.27 bits per heavy atom. The topological polar surface area (TPSA) is 26.3 Å². The van der Waals surface area contributed by atoms with E-state index in [1.807, 2.05) is 54.6 Å². The summed E-state index contributed by atoms with van der Waals surface area (Å²) in [5.41, 5.74) is 1.65. The molecule has 3 heteroatoms. The van der Waals surface area contributed by atoms with Crippen molar-refractivity contribution >= 4 is 17.6 Å². The molecule has 2 atom stereocenters. The van der Waals surface area contributed by atoms with Crippen molar-refractivity contribution in [1.82, 2.24) is 0 Å². The van der Waals surface area contributed by atoms with Gasteiger partial charge in [-0.15, -0.1) is 11.6 Å². The summed E-state index contributed by atoms with van der Waals surface area (Å²) in [6, 6.07) is 17.9. The van der Waals surface area contributed by atoms with E-state index in [2.05, 4.69) is 0 Å². The minimum atomic E-state index is -0.379. The zero-order valence-electron chi connectivity index (χ0n) is 14.8. The van der Waals surface area contributed by atoms with Crippen LogP contribution in [-0.4, -0.2) is 10.8 Å². The number of carbonyl (C=O) groups is 1. The number of esters is 1. The summed E-state index contributed by atoms with van der Waals surface area (Å²) in [7, 11) is 0. The first-order valence-electron chi connectivity index (χ1n) is 9.61. The molecule has 4 saturated carbocycles. The standard InChI is InChI=1S/C23H23ClO2/c24-23-13-16-10-17(14-23)12-22(11-16,15-23)21(25)26-20-9-5-4-8-19(20)18-6-2-1-3-7-18/h1-9,16-17H,10-15H2. The maximum absolute atomic E-state index is 13.3. The van der Waals surface area contributed by atoms with Crippen LogP contribution in [0.2, 0.25) is 0 Å². The molecule has 26 heavy (non-hydrogen) atoms. The average molecular weight is 367 g/mol. The number of alkyl halides is 1. The molecule has 4 fully saturated rings. The summed E-state index contributed by atoms with van der Waals surface area (Å²) in [4.78, 5) is 13.1. The van der Waals surface area contributed by atoms with Crippen molar-refractivity contribution in [1.29, 1.82) is 0 Å². The van der Waals surface area contributed by atoms with Crippen molar-refractivity contribution in [2.24, 2.45) is 17.3 Å². The van der Waals surface area contributed by atoms with E-state index >= 15 is 0 Å². The number of ether oxygens (including phenoxy) is 1. The molecule has 0 N–H and O–H groups in total. The zero-order chi connectivity index (χ0) is 17.8. The number of benzene rings is 2. The second-order valence-corrected chi connectivity index (χ2v) is 9.45. The lowest BCUT2D eigenvalue weighted by Crippen LogP contribution is -2.56. The Bertz CT molecular complexity index is 830. The largest absolute Gasteiger partial charge is 0.425 e. The van der Waals surface area contributed by atoms with Crippen LogP contribution in [0.4, 0.5) is 0 Å². The average Bonchev–Trinajstić information content (AvgIpc) is 2.61. The van der Waals surface area contributed by atoms with Crippen LogP contribution in [-0.2, 0) is 4.79 Å². The third-order valence-electron chi connectivity index (χ3n) is 6.60. The Hall–Kier alpha value is -1.80. The SMILES string of the molecule is O=C(Oc1ccccc1-c1ccccc1)C12CC3CC(CC(Cl)(C3)C1)C2. The van der Waals surface area contributed by atoms with Gasteiger partial charge in [-0.25, -0.2) is 0 Å². The van der Waals surface area contributed by atoms with Gasteiger partial charge in [-0.05, 0) is 62.0 Å². The summed E-state index contributed by atoms with van der Waals surface area (Å²) >= 11 is 6.89. The van der Waals surface area contributed by atoms with E-state index < -0.39 is 0 Å². The Balaban J connectivity index is 1.45. The third kappa shape index (κ3) is 2.66. The van der Waals surface area contributed by atoms with Gasteiger partial charge in [0.1, 0.15) is 5.75 Å². The van der Waals surface area contributed by atoms with E-state index in [1.54, 1.807) is 0 Å². The predicted octanol–water partition coefficient (Wildman–Crippen LogP) is 5.84. The zero-order valence-corrected chi connectivity index (χ0v) is 15.5. The molecular formula is C23H23ClO2. The van der Waals surface area contributed by atoms with Crippen molar-refractivity contribution in [2.45, 2.75) is 43.4 Å². The normalized spacial score (nSPS) is 34.7. The van der Waals surface area contributed by atoms with Gasteiger partial charge in [0, 0.05) is 10.4 Å². The fraction of sp³-hybridized carbons (Fsp3) is 0.435. The van der Waals surface area contributed by atoms with Crippen LogP contribution in [0.3, 0.4) is 0 Å². The minimum Gasteiger partial charge on any atom is -0.425 e. The van der Waals surface area contributed by atoms with Crippen molar-refractivity contribution in [3.63, 3.8) is 0 Å². The molecule has 0 heterocycles. The first-order chi connectivity index (χ1) is 12.6. The van der Waals surface area contributed by atoms with Gasteiger partial charge < -0.3 is 4.74 Å². The second-order valence-electron chi connectivity index (χ2n) is 8.64. The molecule has 0 saturated heterocycles. The lowest BCUT2D eigenvalue weighted by Gasteiger charge is -2.58. The highest BCUT2D eigenvalue weighted by atomic mass is 35.5. The molecule has 2 aromatic carbocycles. The fourth-order valence-electron chi connectivity index (χ4n) is 6.01. The van der Waals surface area contributed by atoms with Crippen LogP contribution < -0.4 is 4.74 Å². The predicted molar refractivity (Wildman–Crippen MR) is 103 cm³/mol. The van der Waals surface area contributed by atoms with E-state index in [0.717, 1.165) is 43.2 Å². The van der Waals surface area contributed by atoms with Crippen LogP contribution in [0.25, 0.3) is 11.1 Å². The minimum absolute atomic E-state index is 0.0694. The molecule has 4 bridgehead atoms. The van der Waals surface area contributed by atoms with Gasteiger partial charge in [-0.1, -0.05) is 48.5 Å². The van der Waals surface area contributed by atoms with Crippen molar-refractivity contribution in [3.8, 4) is 16.9 Å². The maximum atomic E-state index is 13.3. The molecular weight excluding hydrogens is 344 g/mol. The number of halogens is 1. The van der Waals surface area contributed by atoms with E-state index in [4.69, 9.17) is 16.3 Å². The lowest BCUT2D eigenvalue weighted by molar-refractivity contribution is -0.159. The summed E-state index contributed by atoms with van der Waals surface area (Å²) in [5.74, 6) is 1.76. The quantitative estimate of drug-likeness (QED) is 0.387. The summed E-state index contributed by atoms with van der Waals surface area (Å²) < 4.78 is 6.03. The highest BCUT2D eigenvalue weighted by Gasteiger charge is 2.60. The van der Waals surface area contributed by atoms with Gasteiger partial charge in [-0.3, -0.25) is 4.79 Å². The van der Waals surface area contributed by atoms with Crippen LogP contribution in [0.1, 0.15) is 38.5 Å². The van der Waals surface area contributed by atoms with E-state index in [9.17, 15) is 4.79 Å². The maximum Gasteiger partial charge on any atom is 0.317 e. The first kappa shape index (κ1) is 16.4. The molecule has 0 amide bonds. The summed E-state index contributed by atoms with van der Waals surface area (Å²) in [5, 5.41) is 0. The molecule has 4 aliphatic carbocycles. The Labute approximate surface area is 159 Å². The molecule has 2 aromatic rings. The van der Waals surface area contributed by atoms with Crippen LogP contribution in [0.15, 0.2) is 54.6 Å². The van der Waals surface area contributed by atoms with Gasteiger partial charge in [0.15, 0.2) is 0 Å². The van der Waals surface area contributed by atoms with Crippen LogP contribution in [0.5, 0.6) is 5.75 Å². The molecule has 0 aromatic heterocycles. The number of hydrogen-bond donors (Lipinski definition) is 0. The highest BCUT2D eigenvalue weighted by molar-refractivity contribution is 6.24. The van der Waals surface area contributed by atoms with E-state index in [1.165, 1.54) is 6.42 Å². The molecule has 2 nitrogen and oxygen atoms in total. The van der Waals surface area contributed by atoms with Gasteiger partial charge in [0.25, 0.3) is 0 Å². The lowest BCUT2D eigenvalue weighted by atomic mass is 9.49. The molecule has 0 aliphatic heterocycles. The van der Waals surface area contributed by atoms with Crippen molar-refractivity contribution in [3.05, 3.63) is 54.6 Å². The van der Waals surface area contributed by atoms with Gasteiger partial charge >= 0.3 is 5.97 Å². The molecule has 6 rings (SSSR count). The number of hydrogen-bond acceptors (Lipinski definition) is 2. The molecule has 4 aliphatic rings. The summed E-state index contributed by atoms with van der Waals surface area (Å²) in [6.45, 7) is 0. The third-order valence-corrected chi connectivity index (χ3v) is 7.04. The van der Waals surface area contributed by atoms with E-state index in [0.29, 0.717) is 17.6 Å². The molecule has 134 valence electrons. The molecule has 0 spiro atoms. The van der Waals surface area contributed by atoms with Crippen molar-refractivity contribution in [2.75, 3.05) is 0 Å². The Kier molecular flexibility index (Phi) is 3.69. The number of para-hydroxylation sites is 1. The molecule has 0 radical (unpaired) electrons. The Morgan fingerprint density at radius 2 is 1.58 bits per heavy atom. The number of rotatable bonds is 3. The first-order valence-corrected chi connectivity index (χ1v) is 9.99. The summed E-state index contributed by atoms with van der Waals surface area (Å²) in [6.07, 6.45) is 6.06. The van der Waals surface area contributed by atoms with Crippen molar-refractivity contribution < 1.29 is 9.53 Å². The molecule has 2 unspecified atom stereocenters. The smallest absolute Gasteiger partial charge is 0.317 e. The van der Waals surface area contributed by atoms with E-state index in [-0.39, 0.29) is 16.3 Å². The van der Waals surface area contributed by atoms with Crippen LogP contribution >= 0.6 is 11.6 Å². The Morgan fingerprint density at radius 1 is 0.923 bits per heavy atom. The van der Waals surface area contributed by atoms with Gasteiger partial charge in [0.05, 0.1) is 5.41 Å². The fourth-order valence-corrected chi connectivity index (χ4v) is 6.70. The van der Waals surface area contributed by atoms with Gasteiger partial charge in [0.2, 0.25) is 0 Å². The highest BCUT2D eigenvalue weighted by Crippen LogP contribution is 2.64. The van der Waals surface area contributed by atoms with Gasteiger partial charge in [-0.2, -0.15) is 0 Å². The second kappa shape index (κ2) is 5.85. The van der Waals surface area contributed by atoms with Crippen LogP contribution in [0, 0.1) is 17.3 Å². The number of carbonyl (C=O) groups excluding carboxylic acids is 1. The monoisotopic (exact) mass is 366 g/mol.